The summed E-state index contributed by atoms with van der Waals surface area (Å²) in [7, 11) is -21.6. The van der Waals surface area contributed by atoms with Crippen LogP contribution in [0.3, 0.4) is 0 Å². The fraction of sp³-hybridized carbons (Fsp3) is 0. The average molecular weight is 1080 g/mol. The van der Waals surface area contributed by atoms with Gasteiger partial charge < -0.3 is 77.0 Å². The van der Waals surface area contributed by atoms with E-state index in [1.54, 1.807) is 0 Å². The van der Waals surface area contributed by atoms with Crippen molar-refractivity contribution >= 4 is 31.3 Å². The van der Waals surface area contributed by atoms with Gasteiger partial charge in [-0.15, -0.1) is 0 Å². The van der Waals surface area contributed by atoms with Crippen LogP contribution in [0.5, 0.6) is 0 Å². The van der Waals surface area contributed by atoms with E-state index in [0.29, 0.717) is 0 Å². The molecule has 23 heavy (non-hydrogen) atoms. The number of hydrogen-bond acceptors (Lipinski definition) is 16. The molecule has 0 bridgehead atoms. The van der Waals surface area contributed by atoms with Crippen LogP contribution < -0.4 is 58.7 Å². The van der Waals surface area contributed by atoms with Gasteiger partial charge in [0.2, 0.25) is 0 Å². The van der Waals surface area contributed by atoms with Gasteiger partial charge >= 0.3 is 120 Å². The molecule has 0 aromatic carbocycles. The Morgan fingerprint density at radius 3 is 0.304 bits per heavy atom. The van der Waals surface area contributed by atoms with E-state index in [9.17, 15) is 0 Å². The molecule has 0 unspecified atom stereocenters. The molecule has 0 amide bonds. The van der Waals surface area contributed by atoms with E-state index in [-0.39, 0.29) is 120 Å². The first-order valence-electron chi connectivity index (χ1n) is 2.92. The zero-order chi connectivity index (χ0) is 18.0. The van der Waals surface area contributed by atoms with Crippen LogP contribution >= 0.6 is 31.3 Å². The van der Waals surface area contributed by atoms with Crippen molar-refractivity contribution in [3.05, 3.63) is 0 Å². The standard InChI is InChI=1S/4H3O4P.3Th/c4*1-5(2,3)4;;;/h4*(H3,1,2,3,4);;;/q;;;;3*+4/p-12. The van der Waals surface area contributed by atoms with Gasteiger partial charge in [0.1, 0.15) is 0 Å². The molecule has 0 aliphatic heterocycles. The molecule has 16 nitrogen and oxygen atoms in total. The Labute approximate surface area is 224 Å². The van der Waals surface area contributed by atoms with Crippen molar-refractivity contribution in [2.45, 2.75) is 0 Å². The second kappa shape index (κ2) is 21.1. The van der Waals surface area contributed by atoms with E-state index < -0.39 is 31.3 Å². The first kappa shape index (κ1) is 45.9. The molecule has 0 aromatic heterocycles. The Kier molecular flexibility index (Phi) is 42.2. The summed E-state index contributed by atoms with van der Waals surface area (Å²) in [6, 6.07) is 0. The predicted molar refractivity (Wildman–Crippen MR) is 30.4 cm³/mol. The van der Waals surface area contributed by atoms with Gasteiger partial charge in [0.25, 0.3) is 0 Å². The molecule has 0 fully saturated rings. The Hall–Kier alpha value is 4.41. The Morgan fingerprint density at radius 2 is 0.304 bits per heavy atom. The summed E-state index contributed by atoms with van der Waals surface area (Å²) >= 11 is 0. The molecule has 0 spiro atoms. The van der Waals surface area contributed by atoms with Gasteiger partial charge in [-0.05, 0) is 0 Å². The minimum Gasteiger partial charge on any atom is -0.822 e. The maximum absolute atomic E-state index is 8.55. The van der Waals surface area contributed by atoms with E-state index in [1.165, 1.54) is 0 Å². The summed E-state index contributed by atoms with van der Waals surface area (Å²) in [6.07, 6.45) is 0. The number of phosphoric acid groups is 4. The van der Waals surface area contributed by atoms with Crippen LogP contribution in [0.25, 0.3) is 0 Å². The zero-order valence-corrected chi connectivity index (χ0v) is 25.7. The van der Waals surface area contributed by atoms with E-state index in [0.717, 1.165) is 0 Å². The second-order valence-electron chi connectivity index (χ2n) is 1.79. The largest absolute Gasteiger partial charge is 4.00 e. The van der Waals surface area contributed by atoms with Crippen LogP contribution in [0, 0.1) is 120 Å². The van der Waals surface area contributed by atoms with Crippen LogP contribution in [0.2, 0.25) is 0 Å². The minimum atomic E-state index is -5.39. The normalized spacial score (nSPS) is 10.3. The summed E-state index contributed by atoms with van der Waals surface area (Å²) in [5.41, 5.74) is 0. The smallest absolute Gasteiger partial charge is 0.822 e. The predicted octanol–water partition coefficient (Wildman–Crippen LogP) is -11.3. The van der Waals surface area contributed by atoms with Crippen LogP contribution in [0.15, 0.2) is 0 Å². The maximum atomic E-state index is 8.55. The third-order valence-corrected chi connectivity index (χ3v) is 0. The van der Waals surface area contributed by atoms with Crippen LogP contribution in [0.1, 0.15) is 0 Å². The van der Waals surface area contributed by atoms with Gasteiger partial charge in [0.05, 0.1) is 0 Å². The molecular weight excluding hydrogens is 1080 g/mol. The summed E-state index contributed by atoms with van der Waals surface area (Å²) in [4.78, 5) is 103. The van der Waals surface area contributed by atoms with Crippen LogP contribution in [-0.4, -0.2) is 0 Å². The molecule has 0 atom stereocenters. The van der Waals surface area contributed by atoms with Gasteiger partial charge in [-0.3, -0.25) is 0 Å². The molecule has 0 aliphatic rings. The van der Waals surface area contributed by atoms with Crippen molar-refractivity contribution in [3.8, 4) is 0 Å². The van der Waals surface area contributed by atoms with Crippen LogP contribution in [0.4, 0.5) is 0 Å². The molecular formula is O16P4Th3. The zero-order valence-electron chi connectivity index (χ0n) is 9.82. The molecule has 0 saturated heterocycles. The molecule has 0 aliphatic carbocycles. The molecule has 0 aromatic rings. The Balaban J connectivity index is -0.0000000284. The second-order valence-corrected chi connectivity index (χ2v) is 5.37. The molecule has 0 rings (SSSR count). The van der Waals surface area contributed by atoms with E-state index in [1.807, 2.05) is 0 Å². The number of hydrogen-bond donors (Lipinski definition) is 0. The topological polar surface area (TPSA) is 345 Å². The van der Waals surface area contributed by atoms with E-state index in [4.69, 9.17) is 77.0 Å². The van der Waals surface area contributed by atoms with Crippen molar-refractivity contribution in [2.75, 3.05) is 0 Å². The third kappa shape index (κ3) is 808. The van der Waals surface area contributed by atoms with E-state index in [2.05, 4.69) is 0 Å². The maximum Gasteiger partial charge on any atom is 4.00 e. The van der Waals surface area contributed by atoms with Gasteiger partial charge in [0, 0.05) is 0 Å². The molecule has 128 valence electrons. The van der Waals surface area contributed by atoms with Gasteiger partial charge in [-0.25, -0.2) is 0 Å². The Morgan fingerprint density at radius 1 is 0.304 bits per heavy atom. The monoisotopic (exact) mass is 1080 g/mol. The van der Waals surface area contributed by atoms with Gasteiger partial charge in [-0.1, -0.05) is 0 Å². The summed E-state index contributed by atoms with van der Waals surface area (Å²) in [5.74, 6) is 0. The number of rotatable bonds is 0. The van der Waals surface area contributed by atoms with E-state index >= 15 is 0 Å². The Bertz CT molecular complexity index is 292. The molecule has 0 heterocycles. The van der Waals surface area contributed by atoms with Crippen molar-refractivity contribution in [1.82, 2.24) is 0 Å². The fourth-order valence-electron chi connectivity index (χ4n) is 0. The van der Waals surface area contributed by atoms with Gasteiger partial charge in [-0.2, -0.15) is 31.3 Å². The fourth-order valence-corrected chi connectivity index (χ4v) is 0. The third-order valence-electron chi connectivity index (χ3n) is 0. The summed E-state index contributed by atoms with van der Waals surface area (Å²) in [5, 5.41) is 0. The first-order chi connectivity index (χ1) is 8.00. The van der Waals surface area contributed by atoms with Crippen molar-refractivity contribution < 1.29 is 197 Å². The summed E-state index contributed by atoms with van der Waals surface area (Å²) in [6.45, 7) is 0. The van der Waals surface area contributed by atoms with Crippen LogP contribution in [-0.2, 0) is 18.3 Å². The van der Waals surface area contributed by atoms with Crippen molar-refractivity contribution in [1.29, 1.82) is 0 Å². The van der Waals surface area contributed by atoms with Crippen molar-refractivity contribution in [2.24, 2.45) is 0 Å². The molecule has 0 saturated carbocycles. The minimum absolute atomic E-state index is 0. The van der Waals surface area contributed by atoms with Crippen molar-refractivity contribution in [3.63, 3.8) is 0 Å². The average Bonchev–Trinajstić information content (AvgIpc) is 1.62. The van der Waals surface area contributed by atoms with Gasteiger partial charge in [0.15, 0.2) is 0 Å². The molecule has 0 N–H and O–H groups in total. The quantitative estimate of drug-likeness (QED) is 0.203. The SMILES string of the molecule is O=P([O-])([O-])[O-].O=P([O-])([O-])[O-].O=P([O-])([O-])[O-].O=P([O-])([O-])[O-].[Th+4].[Th+4].[Th+4]. The molecule has 0 radical (unpaired) electrons. The molecule has 23 heteroatoms. The first-order valence-corrected chi connectivity index (χ1v) is 8.76. The summed E-state index contributed by atoms with van der Waals surface area (Å²) < 4.78 is 34.2.